The summed E-state index contributed by atoms with van der Waals surface area (Å²) in [6.45, 7) is 9.45. The molecule has 0 radical (unpaired) electrons. The van der Waals surface area contributed by atoms with E-state index >= 15 is 0 Å². The van der Waals surface area contributed by atoms with Gasteiger partial charge < -0.3 is 9.80 Å². The van der Waals surface area contributed by atoms with Gasteiger partial charge in [-0.05, 0) is 25.7 Å². The van der Waals surface area contributed by atoms with Gasteiger partial charge in [0.2, 0.25) is 0 Å². The maximum absolute atomic E-state index is 2.69. The van der Waals surface area contributed by atoms with Crippen LogP contribution in [0.25, 0.3) is 0 Å². The van der Waals surface area contributed by atoms with Gasteiger partial charge in [-0.2, -0.15) is 0 Å². The smallest absolute Gasteiger partial charge is 0.101 e. The molecule has 0 bridgehead atoms. The Balaban J connectivity index is 2.01. The first kappa shape index (κ1) is 36.4. The van der Waals surface area contributed by atoms with E-state index in [-0.39, 0.29) is 0 Å². The molecule has 0 amide bonds. The molecule has 0 aromatic carbocycles. The van der Waals surface area contributed by atoms with Crippen molar-refractivity contribution < 1.29 is 0 Å². The van der Waals surface area contributed by atoms with Crippen molar-refractivity contribution in [2.75, 3.05) is 13.1 Å². The van der Waals surface area contributed by atoms with Crippen molar-refractivity contribution >= 4 is 0 Å². The summed E-state index contributed by atoms with van der Waals surface area (Å²) < 4.78 is 0. The highest BCUT2D eigenvalue weighted by Gasteiger charge is 2.24. The van der Waals surface area contributed by atoms with E-state index in [2.05, 4.69) is 43.0 Å². The second-order valence-electron chi connectivity index (χ2n) is 12.9. The molecule has 0 N–H and O–H groups in total. The molecule has 232 valence electrons. The maximum atomic E-state index is 2.69. The van der Waals surface area contributed by atoms with Gasteiger partial charge >= 0.3 is 0 Å². The van der Waals surface area contributed by atoms with E-state index in [4.69, 9.17) is 0 Å². The molecule has 0 aliphatic carbocycles. The van der Waals surface area contributed by atoms with Crippen LogP contribution in [0.3, 0.4) is 0 Å². The van der Waals surface area contributed by atoms with E-state index in [1.165, 1.54) is 199 Å². The molecule has 1 aliphatic heterocycles. The molecule has 0 aromatic rings. The molecule has 1 atom stereocenters. The lowest BCUT2D eigenvalue weighted by Crippen LogP contribution is -2.39. The highest BCUT2D eigenvalue weighted by molar-refractivity contribution is 4.96. The predicted molar refractivity (Wildman–Crippen MR) is 177 cm³/mol. The van der Waals surface area contributed by atoms with Crippen LogP contribution in [-0.2, 0) is 0 Å². The molecule has 1 unspecified atom stereocenters. The van der Waals surface area contributed by atoms with Gasteiger partial charge in [-0.1, -0.05) is 181 Å². The van der Waals surface area contributed by atoms with E-state index in [1.807, 2.05) is 0 Å². The first-order chi connectivity index (χ1) is 19.3. The summed E-state index contributed by atoms with van der Waals surface area (Å²) in [7, 11) is 0. The summed E-state index contributed by atoms with van der Waals surface area (Å²) in [4.78, 5) is 5.34. The van der Waals surface area contributed by atoms with Crippen molar-refractivity contribution in [3.63, 3.8) is 0 Å². The van der Waals surface area contributed by atoms with E-state index in [1.54, 1.807) is 0 Å². The summed E-state index contributed by atoms with van der Waals surface area (Å²) in [6.07, 6.45) is 47.0. The van der Waals surface area contributed by atoms with Crippen LogP contribution in [0.5, 0.6) is 0 Å². The summed E-state index contributed by atoms with van der Waals surface area (Å²) >= 11 is 0. The Morgan fingerprint density at radius 1 is 0.333 bits per heavy atom. The molecule has 1 heterocycles. The van der Waals surface area contributed by atoms with Crippen molar-refractivity contribution in [2.45, 2.75) is 213 Å². The molecule has 0 saturated carbocycles. The van der Waals surface area contributed by atoms with E-state index in [9.17, 15) is 0 Å². The molecule has 0 spiro atoms. The Morgan fingerprint density at radius 2 is 0.615 bits per heavy atom. The minimum Gasteiger partial charge on any atom is -0.356 e. The molecule has 2 heteroatoms. The lowest BCUT2D eigenvalue weighted by atomic mass is 10.0. The van der Waals surface area contributed by atoms with Crippen LogP contribution in [0, 0.1) is 0 Å². The van der Waals surface area contributed by atoms with Gasteiger partial charge in [0.05, 0.1) is 0 Å². The van der Waals surface area contributed by atoms with Crippen molar-refractivity contribution in [2.24, 2.45) is 0 Å². The van der Waals surface area contributed by atoms with Gasteiger partial charge in [0.1, 0.15) is 6.17 Å². The number of hydrogen-bond donors (Lipinski definition) is 0. The topological polar surface area (TPSA) is 6.48 Å². The number of rotatable bonds is 31. The Labute approximate surface area is 248 Å². The second-order valence-corrected chi connectivity index (χ2v) is 12.9. The van der Waals surface area contributed by atoms with Crippen LogP contribution < -0.4 is 0 Å². The van der Waals surface area contributed by atoms with Crippen LogP contribution in [0.2, 0.25) is 0 Å². The van der Waals surface area contributed by atoms with Crippen LogP contribution >= 0.6 is 0 Å². The van der Waals surface area contributed by atoms with E-state index < -0.39 is 0 Å². The van der Waals surface area contributed by atoms with Crippen molar-refractivity contribution in [1.82, 2.24) is 9.80 Å². The average molecular weight is 547 g/mol. The lowest BCUT2D eigenvalue weighted by Gasteiger charge is -2.33. The summed E-state index contributed by atoms with van der Waals surface area (Å²) in [5.41, 5.74) is 0. The Kier molecular flexibility index (Phi) is 26.9. The Hall–Kier alpha value is -0.660. The van der Waals surface area contributed by atoms with Crippen molar-refractivity contribution in [1.29, 1.82) is 0 Å². The molecule has 2 nitrogen and oxygen atoms in total. The third-order valence-corrected chi connectivity index (χ3v) is 9.07. The molecular formula is C37H74N2. The minimum atomic E-state index is 0.641. The fraction of sp³-hybridized carbons (Fsp3) is 0.946. The van der Waals surface area contributed by atoms with Gasteiger partial charge in [0, 0.05) is 25.5 Å². The van der Waals surface area contributed by atoms with E-state index in [0.29, 0.717) is 6.17 Å². The van der Waals surface area contributed by atoms with Crippen molar-refractivity contribution in [3.8, 4) is 0 Å². The van der Waals surface area contributed by atoms with E-state index in [0.717, 1.165) is 0 Å². The van der Waals surface area contributed by atoms with Gasteiger partial charge in [-0.15, -0.1) is 0 Å². The molecule has 1 aliphatic rings. The monoisotopic (exact) mass is 547 g/mol. The molecule has 0 aromatic heterocycles. The first-order valence-corrected chi connectivity index (χ1v) is 18.5. The molecule has 0 saturated heterocycles. The highest BCUT2D eigenvalue weighted by atomic mass is 15.4. The number of hydrogen-bond acceptors (Lipinski definition) is 2. The lowest BCUT2D eigenvalue weighted by molar-refractivity contribution is 0.136. The predicted octanol–water partition coefficient (Wildman–Crippen LogP) is 12.8. The SMILES string of the molecule is CCCCCCCCCCCCCCCCCCCN1C=CN(CCCC)C1CCCCCCCCCCC. The first-order valence-electron chi connectivity index (χ1n) is 18.5. The Morgan fingerprint density at radius 3 is 0.974 bits per heavy atom. The summed E-state index contributed by atoms with van der Waals surface area (Å²) in [5, 5.41) is 0. The molecule has 39 heavy (non-hydrogen) atoms. The molecular weight excluding hydrogens is 472 g/mol. The van der Waals surface area contributed by atoms with Crippen LogP contribution in [-0.4, -0.2) is 29.1 Å². The normalized spacial score (nSPS) is 15.2. The standard InChI is InChI=1S/C37H74N2/c1-4-7-10-12-14-16-17-18-19-20-21-22-23-25-27-29-31-34-39-36-35-38(33-9-6-3)37(39)32-30-28-26-24-15-13-11-8-5-2/h35-37H,4-34H2,1-3H3. The van der Waals surface area contributed by atoms with Gasteiger partial charge in [-0.3, -0.25) is 0 Å². The average Bonchev–Trinajstić information content (AvgIpc) is 3.33. The number of unbranched alkanes of at least 4 members (excludes halogenated alkanes) is 25. The molecule has 1 rings (SSSR count). The number of nitrogens with zero attached hydrogens (tertiary/aromatic N) is 2. The Bertz CT molecular complexity index is 502. The third kappa shape index (κ3) is 21.7. The maximum Gasteiger partial charge on any atom is 0.101 e. The second kappa shape index (κ2) is 28.9. The largest absolute Gasteiger partial charge is 0.356 e. The van der Waals surface area contributed by atoms with Gasteiger partial charge in [-0.25, -0.2) is 0 Å². The minimum absolute atomic E-state index is 0.641. The fourth-order valence-corrected chi connectivity index (χ4v) is 6.34. The zero-order valence-electron chi connectivity index (χ0n) is 27.5. The zero-order chi connectivity index (χ0) is 28.1. The zero-order valence-corrected chi connectivity index (χ0v) is 27.5. The third-order valence-electron chi connectivity index (χ3n) is 9.07. The fourth-order valence-electron chi connectivity index (χ4n) is 6.34. The molecule has 0 fully saturated rings. The highest BCUT2D eigenvalue weighted by Crippen LogP contribution is 2.23. The van der Waals surface area contributed by atoms with Gasteiger partial charge in [0.25, 0.3) is 0 Å². The van der Waals surface area contributed by atoms with Crippen molar-refractivity contribution in [3.05, 3.63) is 12.4 Å². The quantitative estimate of drug-likeness (QED) is 0.0798. The summed E-state index contributed by atoms with van der Waals surface area (Å²) in [6, 6.07) is 0. The van der Waals surface area contributed by atoms with Crippen LogP contribution in [0.1, 0.15) is 207 Å². The summed E-state index contributed by atoms with van der Waals surface area (Å²) in [5.74, 6) is 0. The van der Waals surface area contributed by atoms with Gasteiger partial charge in [0.15, 0.2) is 0 Å². The van der Waals surface area contributed by atoms with Crippen LogP contribution in [0.15, 0.2) is 12.4 Å². The van der Waals surface area contributed by atoms with Crippen LogP contribution in [0.4, 0.5) is 0 Å².